The van der Waals surface area contributed by atoms with Gasteiger partial charge in [0.2, 0.25) is 0 Å². The van der Waals surface area contributed by atoms with Crippen molar-refractivity contribution in [3.05, 3.63) is 11.6 Å². The van der Waals surface area contributed by atoms with Crippen molar-refractivity contribution in [2.24, 2.45) is 0 Å². The van der Waals surface area contributed by atoms with Gasteiger partial charge in [0, 0.05) is 12.5 Å². The zero-order valence-electron chi connectivity index (χ0n) is 28.8. The number of ether oxygens (including phenoxy) is 2. The Balaban J connectivity index is 3.48. The van der Waals surface area contributed by atoms with Gasteiger partial charge < -0.3 is 9.47 Å². The molecule has 7 nitrogen and oxygen atoms in total. The highest BCUT2D eigenvalue weighted by molar-refractivity contribution is 7.85. The van der Waals surface area contributed by atoms with Crippen molar-refractivity contribution in [3.8, 4) is 0 Å². The van der Waals surface area contributed by atoms with Crippen LogP contribution in [-0.4, -0.2) is 43.4 Å². The number of esters is 2. The molecule has 0 radical (unpaired) electrons. The van der Waals surface area contributed by atoms with E-state index in [2.05, 4.69) is 6.92 Å². The Bertz CT molecular complexity index is 822. The molecule has 260 valence electrons. The molecule has 0 aromatic rings. The van der Waals surface area contributed by atoms with Gasteiger partial charge in [-0.05, 0) is 46.0 Å². The lowest BCUT2D eigenvalue weighted by atomic mass is 10.0. The van der Waals surface area contributed by atoms with Crippen LogP contribution in [0.25, 0.3) is 0 Å². The number of allylic oxidation sites excluding steroid dienone is 1. The van der Waals surface area contributed by atoms with E-state index in [1.54, 1.807) is 0 Å². The SMILES string of the molecule is CCCCCCCCCCCCCCCCCCCCCCC(=O)OC(C)CCCCC/C(C)=C\C(=O)OCCS(=O)(=O)O. The summed E-state index contributed by atoms with van der Waals surface area (Å²) in [6.07, 6.45) is 33.1. The van der Waals surface area contributed by atoms with Gasteiger partial charge in [0.1, 0.15) is 12.4 Å². The molecule has 0 fully saturated rings. The summed E-state index contributed by atoms with van der Waals surface area (Å²) in [5, 5.41) is 0. The molecule has 1 unspecified atom stereocenters. The maximum absolute atomic E-state index is 12.1. The molecule has 44 heavy (non-hydrogen) atoms. The number of carbonyl (C=O) groups excluding carboxylic acids is 2. The van der Waals surface area contributed by atoms with Gasteiger partial charge in [0.15, 0.2) is 0 Å². The molecule has 0 aliphatic rings. The zero-order valence-corrected chi connectivity index (χ0v) is 29.6. The molecule has 0 aliphatic heterocycles. The van der Waals surface area contributed by atoms with E-state index in [0.717, 1.165) is 50.5 Å². The fourth-order valence-corrected chi connectivity index (χ4v) is 5.74. The average Bonchev–Trinajstić information content (AvgIpc) is 2.95. The summed E-state index contributed by atoms with van der Waals surface area (Å²) >= 11 is 0. The first-order chi connectivity index (χ1) is 21.1. The Morgan fingerprint density at radius 1 is 0.659 bits per heavy atom. The highest BCUT2D eigenvalue weighted by Crippen LogP contribution is 2.16. The minimum Gasteiger partial charge on any atom is -0.463 e. The second-order valence-electron chi connectivity index (χ2n) is 12.8. The Morgan fingerprint density at radius 3 is 1.52 bits per heavy atom. The monoisotopic (exact) mass is 644 g/mol. The van der Waals surface area contributed by atoms with Crippen LogP contribution in [0, 0.1) is 0 Å². The summed E-state index contributed by atoms with van der Waals surface area (Å²) in [5.41, 5.74) is 0.858. The van der Waals surface area contributed by atoms with Crippen molar-refractivity contribution in [2.75, 3.05) is 12.4 Å². The van der Waals surface area contributed by atoms with Crippen LogP contribution >= 0.6 is 0 Å². The van der Waals surface area contributed by atoms with Crippen LogP contribution in [0.3, 0.4) is 0 Å². The molecule has 0 saturated carbocycles. The fourth-order valence-electron chi connectivity index (χ4n) is 5.44. The number of rotatable bonds is 32. The number of hydrogen-bond donors (Lipinski definition) is 1. The van der Waals surface area contributed by atoms with E-state index in [9.17, 15) is 18.0 Å². The van der Waals surface area contributed by atoms with Crippen LogP contribution in [-0.2, 0) is 29.2 Å². The van der Waals surface area contributed by atoms with E-state index < -0.39 is 21.8 Å². The topological polar surface area (TPSA) is 107 Å². The highest BCUT2D eigenvalue weighted by atomic mass is 32.2. The third-order valence-corrected chi connectivity index (χ3v) is 8.88. The van der Waals surface area contributed by atoms with E-state index in [-0.39, 0.29) is 18.7 Å². The normalized spacial score (nSPS) is 12.8. The van der Waals surface area contributed by atoms with Gasteiger partial charge in [0.25, 0.3) is 10.1 Å². The molecule has 0 bridgehead atoms. The molecule has 0 aromatic carbocycles. The molecule has 1 atom stereocenters. The van der Waals surface area contributed by atoms with E-state index >= 15 is 0 Å². The van der Waals surface area contributed by atoms with Crippen molar-refractivity contribution < 1.29 is 32.0 Å². The molecule has 0 rings (SSSR count). The van der Waals surface area contributed by atoms with Crippen molar-refractivity contribution in [1.29, 1.82) is 0 Å². The molecule has 0 spiro atoms. The summed E-state index contributed by atoms with van der Waals surface area (Å²) in [6, 6.07) is 0. The van der Waals surface area contributed by atoms with Crippen molar-refractivity contribution in [2.45, 2.75) is 194 Å². The van der Waals surface area contributed by atoms with Crippen LogP contribution in [0.2, 0.25) is 0 Å². The maximum atomic E-state index is 12.1. The number of carbonyl (C=O) groups is 2. The van der Waals surface area contributed by atoms with Crippen molar-refractivity contribution in [1.82, 2.24) is 0 Å². The first-order valence-corrected chi connectivity index (χ1v) is 19.7. The van der Waals surface area contributed by atoms with E-state index in [1.165, 1.54) is 122 Å². The van der Waals surface area contributed by atoms with Crippen LogP contribution in [0.1, 0.15) is 188 Å². The lowest BCUT2D eigenvalue weighted by Crippen LogP contribution is -2.14. The molecule has 1 N–H and O–H groups in total. The van der Waals surface area contributed by atoms with Crippen molar-refractivity contribution in [3.63, 3.8) is 0 Å². The second kappa shape index (κ2) is 30.3. The lowest BCUT2D eigenvalue weighted by Gasteiger charge is -2.13. The molecular formula is C36H68O7S. The first kappa shape index (κ1) is 42.6. The summed E-state index contributed by atoms with van der Waals surface area (Å²) in [7, 11) is -4.13. The zero-order chi connectivity index (χ0) is 32.7. The Morgan fingerprint density at radius 2 is 1.07 bits per heavy atom. The van der Waals surface area contributed by atoms with Gasteiger partial charge in [0.05, 0.1) is 6.10 Å². The van der Waals surface area contributed by atoms with E-state index in [1.807, 2.05) is 13.8 Å². The molecule has 0 aromatic heterocycles. The summed E-state index contributed by atoms with van der Waals surface area (Å²) < 4.78 is 40.3. The standard InChI is InChI=1S/C36H68O7S/c1-4-5-6-7-8-9-10-11-12-13-14-15-16-17-18-19-20-21-22-26-29-35(37)43-34(3)28-25-23-24-27-33(2)32-36(38)42-30-31-44(39,40)41/h32,34H,4-31H2,1-3H3,(H,39,40,41)/b33-32-. The van der Waals surface area contributed by atoms with Gasteiger partial charge in [-0.25, -0.2) is 4.79 Å². The molecule has 0 aliphatic carbocycles. The maximum Gasteiger partial charge on any atom is 0.330 e. The first-order valence-electron chi connectivity index (χ1n) is 18.1. The second-order valence-corrected chi connectivity index (χ2v) is 14.4. The van der Waals surface area contributed by atoms with Crippen LogP contribution < -0.4 is 0 Å². The highest BCUT2D eigenvalue weighted by Gasteiger charge is 2.10. The van der Waals surface area contributed by atoms with Crippen LogP contribution in [0.4, 0.5) is 0 Å². The Labute approximate surface area is 271 Å². The third kappa shape index (κ3) is 33.5. The summed E-state index contributed by atoms with van der Waals surface area (Å²) in [5.74, 6) is -1.30. The Kier molecular flexibility index (Phi) is 29.3. The van der Waals surface area contributed by atoms with Crippen molar-refractivity contribution >= 4 is 22.1 Å². The van der Waals surface area contributed by atoms with E-state index in [4.69, 9.17) is 14.0 Å². The predicted molar refractivity (Wildman–Crippen MR) is 182 cm³/mol. The minimum absolute atomic E-state index is 0.0815. The molecule has 0 amide bonds. The minimum atomic E-state index is -4.13. The fraction of sp³-hybridized carbons (Fsp3) is 0.889. The molecule has 0 heterocycles. The van der Waals surface area contributed by atoms with Crippen LogP contribution in [0.5, 0.6) is 0 Å². The lowest BCUT2D eigenvalue weighted by molar-refractivity contribution is -0.148. The van der Waals surface area contributed by atoms with E-state index in [0.29, 0.717) is 6.42 Å². The molecular weight excluding hydrogens is 576 g/mol. The molecule has 8 heteroatoms. The van der Waals surface area contributed by atoms with Gasteiger partial charge in [-0.15, -0.1) is 0 Å². The van der Waals surface area contributed by atoms with Gasteiger partial charge in [-0.1, -0.05) is 141 Å². The molecule has 0 saturated heterocycles. The van der Waals surface area contributed by atoms with Gasteiger partial charge >= 0.3 is 11.9 Å². The number of unbranched alkanes of at least 4 members (excludes halogenated alkanes) is 21. The Hall–Kier alpha value is -1.41. The van der Waals surface area contributed by atoms with Gasteiger partial charge in [-0.2, -0.15) is 8.42 Å². The van der Waals surface area contributed by atoms with Gasteiger partial charge in [-0.3, -0.25) is 9.35 Å². The smallest absolute Gasteiger partial charge is 0.330 e. The predicted octanol–water partition coefficient (Wildman–Crippen LogP) is 10.5. The largest absolute Gasteiger partial charge is 0.463 e. The quantitative estimate of drug-likeness (QED) is 0.0336. The third-order valence-electron chi connectivity index (χ3n) is 8.20. The number of hydrogen-bond acceptors (Lipinski definition) is 6. The summed E-state index contributed by atoms with van der Waals surface area (Å²) in [6.45, 7) is 5.69. The van der Waals surface area contributed by atoms with Crippen LogP contribution in [0.15, 0.2) is 11.6 Å². The average molecular weight is 645 g/mol. The summed E-state index contributed by atoms with van der Waals surface area (Å²) in [4.78, 5) is 23.8.